The van der Waals surface area contributed by atoms with Crippen molar-refractivity contribution < 1.29 is 0 Å². The van der Waals surface area contributed by atoms with Crippen LogP contribution < -0.4 is 0 Å². The average Bonchev–Trinajstić information content (AvgIpc) is 2.73. The molecule has 0 bridgehead atoms. The fraction of sp³-hybridized carbons (Fsp3) is 0.857. The van der Waals surface area contributed by atoms with E-state index < -0.39 is 0 Å². The van der Waals surface area contributed by atoms with Crippen LogP contribution in [0, 0.1) is 6.92 Å². The molecule has 0 radical (unpaired) electrons. The van der Waals surface area contributed by atoms with Gasteiger partial charge in [0.2, 0.25) is 0 Å². The molecular formula is C14H27NP2. The van der Waals surface area contributed by atoms with Crippen molar-refractivity contribution in [2.75, 3.05) is 0 Å². The lowest BCUT2D eigenvalue weighted by molar-refractivity contribution is 0.565. The van der Waals surface area contributed by atoms with Crippen LogP contribution in [-0.2, 0) is 6.42 Å². The van der Waals surface area contributed by atoms with Gasteiger partial charge in [0.15, 0.2) is 0 Å². The monoisotopic (exact) mass is 271 g/mol. The standard InChI is InChI=1S/C14H27NP2/c1-3-4-5-6-7-8-9-10-11-12-14-13(2)15-17-16-14/h17H,3-12H2,1-2H3. The maximum absolute atomic E-state index is 4.47. The van der Waals surface area contributed by atoms with E-state index >= 15 is 0 Å². The molecule has 3 heteroatoms. The predicted octanol–water partition coefficient (Wildman–Crippen LogP) is 6.07. The van der Waals surface area contributed by atoms with Gasteiger partial charge in [0, 0.05) is 11.0 Å². The van der Waals surface area contributed by atoms with Crippen LogP contribution in [0.15, 0.2) is 0 Å². The minimum absolute atomic E-state index is 0.804. The maximum atomic E-state index is 4.47. The normalized spacial score (nSPS) is 11.9. The molecule has 0 N–H and O–H groups in total. The summed E-state index contributed by atoms with van der Waals surface area (Å²) in [5, 5.41) is 1.62. The van der Waals surface area contributed by atoms with E-state index in [0.717, 1.165) is 8.03 Å². The topological polar surface area (TPSA) is 12.9 Å². The lowest BCUT2D eigenvalue weighted by atomic mass is 10.1. The van der Waals surface area contributed by atoms with Gasteiger partial charge in [0.25, 0.3) is 0 Å². The second kappa shape index (κ2) is 10.1. The number of hydrogen-bond acceptors (Lipinski definition) is 1. The first-order chi connectivity index (χ1) is 8.34. The largest absolute Gasteiger partial charge is 0.241 e. The van der Waals surface area contributed by atoms with E-state index in [9.17, 15) is 0 Å². The highest BCUT2D eigenvalue weighted by Crippen LogP contribution is 2.28. The van der Waals surface area contributed by atoms with E-state index in [4.69, 9.17) is 0 Å². The van der Waals surface area contributed by atoms with Gasteiger partial charge in [-0.2, -0.15) is 0 Å². The van der Waals surface area contributed by atoms with Crippen LogP contribution in [0.25, 0.3) is 0 Å². The van der Waals surface area contributed by atoms with Crippen LogP contribution >= 0.6 is 15.9 Å². The third-order valence-electron chi connectivity index (χ3n) is 3.34. The molecule has 0 saturated carbocycles. The van der Waals surface area contributed by atoms with Crippen molar-refractivity contribution in [2.45, 2.75) is 78.1 Å². The van der Waals surface area contributed by atoms with Gasteiger partial charge in [-0.1, -0.05) is 58.3 Å². The Morgan fingerprint density at radius 3 is 2.06 bits per heavy atom. The van der Waals surface area contributed by atoms with Gasteiger partial charge in [0.05, 0.1) is 0 Å². The maximum Gasteiger partial charge on any atom is 0.0495 e. The first-order valence-electron chi connectivity index (χ1n) is 7.21. The van der Waals surface area contributed by atoms with Gasteiger partial charge in [-0.3, -0.25) is 0 Å². The van der Waals surface area contributed by atoms with Crippen LogP contribution in [0.1, 0.15) is 75.7 Å². The summed E-state index contributed by atoms with van der Waals surface area (Å²) < 4.78 is 4.47. The van der Waals surface area contributed by atoms with Crippen LogP contribution in [0.5, 0.6) is 0 Å². The minimum Gasteiger partial charge on any atom is -0.241 e. The summed E-state index contributed by atoms with van der Waals surface area (Å²) in [5.74, 6) is 0. The Kier molecular flexibility index (Phi) is 9.03. The summed E-state index contributed by atoms with van der Waals surface area (Å²) in [7, 11) is 2.30. The molecule has 0 fully saturated rings. The fourth-order valence-corrected chi connectivity index (χ4v) is 4.96. The quantitative estimate of drug-likeness (QED) is 0.470. The summed E-state index contributed by atoms with van der Waals surface area (Å²) in [6.07, 6.45) is 14.1. The molecule has 0 aliphatic heterocycles. The number of rotatable bonds is 10. The molecule has 0 spiro atoms. The molecule has 1 heterocycles. The van der Waals surface area contributed by atoms with Crippen LogP contribution in [0.2, 0.25) is 0 Å². The summed E-state index contributed by atoms with van der Waals surface area (Å²) in [6, 6.07) is 0. The fourth-order valence-electron chi connectivity index (χ4n) is 2.15. The number of nitrogens with zero attached hydrogens (tertiary/aromatic N) is 1. The summed E-state index contributed by atoms with van der Waals surface area (Å²) in [4.78, 5) is 0. The highest BCUT2D eigenvalue weighted by atomic mass is 31.8. The molecule has 0 amide bonds. The summed E-state index contributed by atoms with van der Waals surface area (Å²) >= 11 is 0. The number of unbranched alkanes of at least 4 members (excludes halogenated alkanes) is 8. The second-order valence-electron chi connectivity index (χ2n) is 4.93. The average molecular weight is 271 g/mol. The molecule has 1 aromatic heterocycles. The zero-order valence-corrected chi connectivity index (χ0v) is 13.4. The van der Waals surface area contributed by atoms with Crippen molar-refractivity contribution in [1.82, 2.24) is 4.75 Å². The lowest BCUT2D eigenvalue weighted by Crippen LogP contribution is -1.86. The number of hydrogen-bond donors (Lipinski definition) is 0. The van der Waals surface area contributed by atoms with E-state index in [1.807, 2.05) is 0 Å². The second-order valence-corrected chi connectivity index (χ2v) is 7.39. The highest BCUT2D eigenvalue weighted by molar-refractivity contribution is 7.89. The van der Waals surface area contributed by atoms with E-state index in [1.165, 1.54) is 77.8 Å². The molecule has 1 nitrogen and oxygen atoms in total. The molecule has 1 unspecified atom stereocenters. The molecule has 0 aliphatic rings. The van der Waals surface area contributed by atoms with Gasteiger partial charge in [-0.15, -0.1) is 0 Å². The molecule has 0 aliphatic carbocycles. The molecular weight excluding hydrogens is 244 g/mol. The van der Waals surface area contributed by atoms with Crippen molar-refractivity contribution in [3.63, 3.8) is 0 Å². The Bertz CT molecular complexity index is 284. The zero-order valence-electron chi connectivity index (χ0n) is 11.5. The summed E-state index contributed by atoms with van der Waals surface area (Å²) in [6.45, 7) is 4.46. The highest BCUT2D eigenvalue weighted by Gasteiger charge is 2.00. The van der Waals surface area contributed by atoms with Crippen LogP contribution in [0.4, 0.5) is 0 Å². The molecule has 1 rings (SSSR count). The number of aromatic nitrogens is 1. The molecule has 1 atom stereocenters. The van der Waals surface area contributed by atoms with Crippen molar-refractivity contribution in [3.05, 3.63) is 11.0 Å². The molecule has 0 saturated heterocycles. The van der Waals surface area contributed by atoms with E-state index in [2.05, 4.69) is 18.6 Å². The Hall–Kier alpha value is 0.140. The van der Waals surface area contributed by atoms with Gasteiger partial charge in [-0.05, 0) is 35.7 Å². The van der Waals surface area contributed by atoms with Gasteiger partial charge in [-0.25, -0.2) is 4.75 Å². The first kappa shape index (κ1) is 15.2. The van der Waals surface area contributed by atoms with Gasteiger partial charge >= 0.3 is 0 Å². The first-order valence-corrected chi connectivity index (χ1v) is 9.89. The third-order valence-corrected chi connectivity index (χ3v) is 6.10. The summed E-state index contributed by atoms with van der Waals surface area (Å²) in [5.41, 5.74) is 1.34. The zero-order chi connectivity index (χ0) is 12.3. The Labute approximate surface area is 110 Å². The van der Waals surface area contributed by atoms with Crippen LogP contribution in [-0.4, -0.2) is 4.75 Å². The number of aryl methyl sites for hydroxylation is 2. The van der Waals surface area contributed by atoms with Crippen molar-refractivity contribution in [3.8, 4) is 0 Å². The van der Waals surface area contributed by atoms with Gasteiger partial charge in [0.1, 0.15) is 0 Å². The Balaban J connectivity index is 1.86. The third kappa shape index (κ3) is 7.22. The molecule has 98 valence electrons. The molecule has 17 heavy (non-hydrogen) atoms. The van der Waals surface area contributed by atoms with Crippen molar-refractivity contribution >= 4 is 15.9 Å². The smallest absolute Gasteiger partial charge is 0.0495 e. The van der Waals surface area contributed by atoms with Crippen molar-refractivity contribution in [1.29, 1.82) is 0 Å². The van der Waals surface area contributed by atoms with Gasteiger partial charge < -0.3 is 0 Å². The Morgan fingerprint density at radius 2 is 1.53 bits per heavy atom. The van der Waals surface area contributed by atoms with E-state index in [1.54, 1.807) is 5.30 Å². The van der Waals surface area contributed by atoms with E-state index in [-0.39, 0.29) is 0 Å². The predicted molar refractivity (Wildman–Crippen MR) is 81.9 cm³/mol. The molecule has 1 aromatic rings. The molecule has 0 aromatic carbocycles. The SMILES string of the molecule is CCCCCCCCCCCc1p[pH]nc1C. The van der Waals surface area contributed by atoms with Crippen molar-refractivity contribution in [2.24, 2.45) is 0 Å². The van der Waals surface area contributed by atoms with E-state index in [0.29, 0.717) is 0 Å². The minimum atomic E-state index is 0.804. The Morgan fingerprint density at radius 1 is 0.941 bits per heavy atom. The lowest BCUT2D eigenvalue weighted by Gasteiger charge is -2.01. The van der Waals surface area contributed by atoms with Crippen LogP contribution in [0.3, 0.4) is 0 Å².